The normalized spacial score (nSPS) is 13.3. The van der Waals surface area contributed by atoms with Gasteiger partial charge < -0.3 is 10.1 Å². The van der Waals surface area contributed by atoms with Crippen LogP contribution in [0.3, 0.4) is 0 Å². The molecule has 34 heavy (non-hydrogen) atoms. The molecule has 2 aromatic rings. The van der Waals surface area contributed by atoms with Gasteiger partial charge in [-0.25, -0.2) is 17.2 Å². The molecule has 0 heterocycles. The first-order chi connectivity index (χ1) is 16.2. The minimum atomic E-state index is -3.92. The highest BCUT2D eigenvalue weighted by atomic mass is 32.2. The van der Waals surface area contributed by atoms with Crippen LogP contribution in [-0.4, -0.2) is 19.8 Å². The second kappa shape index (κ2) is 13.1. The predicted octanol–water partition coefficient (Wildman–Crippen LogP) is 7.48. The second-order valence-corrected chi connectivity index (χ2v) is 9.37. The molecule has 0 bridgehead atoms. The van der Waals surface area contributed by atoms with Crippen LogP contribution >= 0.6 is 0 Å². The van der Waals surface area contributed by atoms with Crippen LogP contribution in [0.2, 0.25) is 0 Å². The van der Waals surface area contributed by atoms with Gasteiger partial charge in [0.1, 0.15) is 23.7 Å². The Labute approximate surface area is 203 Å². The zero-order valence-corrected chi connectivity index (χ0v) is 21.5. The number of sulfonamides is 1. The lowest BCUT2D eigenvalue weighted by Gasteiger charge is -2.22. The number of hydrogen-bond donors (Lipinski definition) is 2. The molecule has 0 aromatic heterocycles. The first-order valence-electron chi connectivity index (χ1n) is 11.5. The van der Waals surface area contributed by atoms with E-state index >= 15 is 0 Å². The van der Waals surface area contributed by atoms with Crippen molar-refractivity contribution in [2.75, 3.05) is 16.6 Å². The SMILES string of the molecule is C=CCOc1cc(F)c(F)c(Nc2ccc(C)cc2)c1NS(=O)(=O)C1(CC=C)CC1.CC.CC. The Morgan fingerprint density at radius 3 is 2.12 bits per heavy atom. The molecule has 0 radical (unpaired) electrons. The van der Waals surface area contributed by atoms with Crippen molar-refractivity contribution in [3.8, 4) is 5.75 Å². The van der Waals surface area contributed by atoms with Crippen LogP contribution in [0.1, 0.15) is 52.5 Å². The van der Waals surface area contributed by atoms with Crippen LogP contribution in [0.15, 0.2) is 55.6 Å². The number of ether oxygens (including phenoxy) is 1. The van der Waals surface area contributed by atoms with E-state index in [1.54, 1.807) is 24.3 Å². The molecule has 0 unspecified atom stereocenters. The molecule has 2 aromatic carbocycles. The zero-order chi connectivity index (χ0) is 25.9. The molecular formula is C26H36F2N2O3S. The molecule has 1 saturated carbocycles. The number of aryl methyl sites for hydroxylation is 1. The van der Waals surface area contributed by atoms with E-state index in [0.29, 0.717) is 18.5 Å². The van der Waals surface area contributed by atoms with Gasteiger partial charge in [-0.15, -0.1) is 6.58 Å². The standard InChI is InChI=1S/C22H24F2N2O3S.2C2H6/c1-4-10-22(11-12-22)30(27,28)26-20-18(29-13-5-2)14-17(23)19(24)21(20)25-16-8-6-15(3)7-9-16;2*1-2/h4-9,14,25-26H,1-2,10-13H2,3H3;2*1-2H3. The lowest BCUT2D eigenvalue weighted by molar-refractivity contribution is 0.361. The van der Waals surface area contributed by atoms with E-state index < -0.39 is 26.4 Å². The quantitative estimate of drug-likeness (QED) is 0.336. The van der Waals surface area contributed by atoms with Crippen molar-refractivity contribution < 1.29 is 21.9 Å². The van der Waals surface area contributed by atoms with Crippen LogP contribution in [0, 0.1) is 18.6 Å². The van der Waals surface area contributed by atoms with Gasteiger partial charge in [0.25, 0.3) is 0 Å². The summed E-state index contributed by atoms with van der Waals surface area (Å²) in [5.41, 5.74) is 0.909. The molecule has 1 fully saturated rings. The third-order valence-electron chi connectivity index (χ3n) is 4.99. The average molecular weight is 495 g/mol. The van der Waals surface area contributed by atoms with Crippen molar-refractivity contribution in [2.24, 2.45) is 0 Å². The molecule has 0 atom stereocenters. The molecular weight excluding hydrogens is 458 g/mol. The Hall–Kier alpha value is -2.87. The van der Waals surface area contributed by atoms with Gasteiger partial charge in [-0.05, 0) is 38.3 Å². The first kappa shape index (κ1) is 29.2. The molecule has 1 aliphatic carbocycles. The van der Waals surface area contributed by atoms with Crippen LogP contribution in [-0.2, 0) is 10.0 Å². The highest BCUT2D eigenvalue weighted by molar-refractivity contribution is 7.94. The fraction of sp³-hybridized carbons (Fsp3) is 0.385. The average Bonchev–Trinajstić information content (AvgIpc) is 3.63. The maximum Gasteiger partial charge on any atom is 0.238 e. The minimum Gasteiger partial charge on any atom is -0.487 e. The predicted molar refractivity (Wildman–Crippen MR) is 139 cm³/mol. The third-order valence-corrected chi connectivity index (χ3v) is 7.18. The first-order valence-corrected chi connectivity index (χ1v) is 12.9. The van der Waals surface area contributed by atoms with Gasteiger partial charge in [0.2, 0.25) is 10.0 Å². The molecule has 0 amide bonds. The van der Waals surface area contributed by atoms with Crippen LogP contribution in [0.4, 0.5) is 25.8 Å². The van der Waals surface area contributed by atoms with E-state index in [2.05, 4.69) is 23.2 Å². The van der Waals surface area contributed by atoms with Crippen molar-refractivity contribution >= 4 is 27.1 Å². The minimum absolute atomic E-state index is 0.0123. The number of hydrogen-bond acceptors (Lipinski definition) is 4. The fourth-order valence-electron chi connectivity index (χ4n) is 3.09. The molecule has 8 heteroatoms. The number of rotatable bonds is 10. The number of nitrogens with one attached hydrogen (secondary N) is 2. The van der Waals surface area contributed by atoms with Crippen LogP contribution in [0.5, 0.6) is 5.75 Å². The van der Waals surface area contributed by atoms with Crippen LogP contribution in [0.25, 0.3) is 0 Å². The van der Waals surface area contributed by atoms with Gasteiger partial charge >= 0.3 is 0 Å². The third kappa shape index (κ3) is 6.82. The highest BCUT2D eigenvalue weighted by Crippen LogP contribution is 2.49. The van der Waals surface area contributed by atoms with Gasteiger partial charge in [0.15, 0.2) is 11.6 Å². The van der Waals surface area contributed by atoms with Crippen molar-refractivity contribution in [1.82, 2.24) is 0 Å². The van der Waals surface area contributed by atoms with E-state index in [4.69, 9.17) is 4.74 Å². The smallest absolute Gasteiger partial charge is 0.238 e. The summed E-state index contributed by atoms with van der Waals surface area (Å²) in [5, 5.41) is 2.78. The summed E-state index contributed by atoms with van der Waals surface area (Å²) in [4.78, 5) is 0. The zero-order valence-electron chi connectivity index (χ0n) is 20.7. The molecule has 0 spiro atoms. The molecule has 3 rings (SSSR count). The van der Waals surface area contributed by atoms with E-state index in [-0.39, 0.29) is 30.2 Å². The number of benzene rings is 2. The summed E-state index contributed by atoms with van der Waals surface area (Å²) in [7, 11) is -3.92. The van der Waals surface area contributed by atoms with Gasteiger partial charge in [-0.1, -0.05) is 64.1 Å². The van der Waals surface area contributed by atoms with E-state index in [1.807, 2.05) is 34.6 Å². The van der Waals surface area contributed by atoms with Crippen molar-refractivity contribution in [2.45, 2.75) is 58.6 Å². The Bertz CT molecular complexity index is 1060. The molecule has 1 aliphatic rings. The second-order valence-electron chi connectivity index (χ2n) is 7.29. The lowest BCUT2D eigenvalue weighted by atomic mass is 10.2. The topological polar surface area (TPSA) is 67.4 Å². The summed E-state index contributed by atoms with van der Waals surface area (Å²) < 4.78 is 62.1. The Balaban J connectivity index is 0.00000137. The molecule has 0 saturated heterocycles. The molecule has 188 valence electrons. The highest BCUT2D eigenvalue weighted by Gasteiger charge is 2.54. The Kier molecular flexibility index (Phi) is 11.3. The van der Waals surface area contributed by atoms with E-state index in [0.717, 1.165) is 11.6 Å². The molecule has 0 aliphatic heterocycles. The van der Waals surface area contributed by atoms with Gasteiger partial charge in [0, 0.05) is 11.8 Å². The summed E-state index contributed by atoms with van der Waals surface area (Å²) in [6.45, 7) is 17.0. The van der Waals surface area contributed by atoms with Crippen molar-refractivity contribution in [3.05, 3.63) is 72.8 Å². The van der Waals surface area contributed by atoms with Gasteiger partial charge in [0.05, 0.1) is 4.75 Å². The van der Waals surface area contributed by atoms with Crippen molar-refractivity contribution in [3.63, 3.8) is 0 Å². The Morgan fingerprint density at radius 1 is 1.03 bits per heavy atom. The van der Waals surface area contributed by atoms with E-state index in [1.165, 1.54) is 12.2 Å². The molecule has 2 N–H and O–H groups in total. The summed E-state index contributed by atoms with van der Waals surface area (Å²) in [6, 6.07) is 7.78. The maximum atomic E-state index is 14.8. The lowest BCUT2D eigenvalue weighted by Crippen LogP contribution is -2.30. The number of allylic oxidation sites excluding steroid dienone is 1. The summed E-state index contributed by atoms with van der Waals surface area (Å²) in [5.74, 6) is -2.52. The van der Waals surface area contributed by atoms with E-state index in [9.17, 15) is 17.2 Å². The number of halogens is 2. The Morgan fingerprint density at radius 2 is 1.62 bits per heavy atom. The number of anilines is 3. The maximum absolute atomic E-state index is 14.8. The molecule has 5 nitrogen and oxygen atoms in total. The monoisotopic (exact) mass is 494 g/mol. The van der Waals surface area contributed by atoms with Crippen molar-refractivity contribution in [1.29, 1.82) is 0 Å². The largest absolute Gasteiger partial charge is 0.487 e. The van der Waals surface area contributed by atoms with Crippen LogP contribution < -0.4 is 14.8 Å². The summed E-state index contributed by atoms with van der Waals surface area (Å²) in [6.07, 6.45) is 4.14. The summed E-state index contributed by atoms with van der Waals surface area (Å²) >= 11 is 0. The van der Waals surface area contributed by atoms with Gasteiger partial charge in [-0.2, -0.15) is 0 Å². The van der Waals surface area contributed by atoms with Gasteiger partial charge in [-0.3, -0.25) is 4.72 Å². The fourth-order valence-corrected chi connectivity index (χ4v) is 4.76.